The van der Waals surface area contributed by atoms with Crippen LogP contribution in [0.3, 0.4) is 0 Å². The van der Waals surface area contributed by atoms with Crippen LogP contribution in [0.1, 0.15) is 29.9 Å². The molecule has 0 spiro atoms. The van der Waals surface area contributed by atoms with Crippen molar-refractivity contribution in [2.45, 2.75) is 38.9 Å². The van der Waals surface area contributed by atoms with Crippen molar-refractivity contribution < 1.29 is 13.9 Å². The Labute approximate surface area is 173 Å². The third kappa shape index (κ3) is 4.44. The fourth-order valence-electron chi connectivity index (χ4n) is 4.85. The first-order chi connectivity index (χ1) is 14.2. The minimum absolute atomic E-state index is 0.343. The molecular weight excluding hydrogens is 366 g/mol. The third-order valence-corrected chi connectivity index (χ3v) is 6.42. The molecule has 1 atom stereocenters. The van der Waals surface area contributed by atoms with E-state index in [1.807, 2.05) is 13.0 Å². The molecule has 29 heavy (non-hydrogen) atoms. The molecule has 156 valence electrons. The minimum atomic E-state index is 0.343. The zero-order valence-electron chi connectivity index (χ0n) is 17.3. The zero-order chi connectivity index (χ0) is 19.6. The summed E-state index contributed by atoms with van der Waals surface area (Å²) in [4.78, 5) is 7.82. The lowest BCUT2D eigenvalue weighted by atomic mass is 10.0. The predicted molar refractivity (Wildman–Crippen MR) is 111 cm³/mol. The molecule has 3 aliphatic rings. The molecule has 0 unspecified atom stereocenters. The molecule has 0 amide bonds. The first-order valence-corrected chi connectivity index (χ1v) is 10.9. The van der Waals surface area contributed by atoms with Gasteiger partial charge in [-0.2, -0.15) is 0 Å². The molecule has 2 fully saturated rings. The average Bonchev–Trinajstić information content (AvgIpc) is 3.37. The summed E-state index contributed by atoms with van der Waals surface area (Å²) in [7, 11) is 0. The van der Waals surface area contributed by atoms with Crippen LogP contribution in [0.5, 0.6) is 11.5 Å². The van der Waals surface area contributed by atoms with E-state index in [4.69, 9.17) is 13.9 Å². The van der Waals surface area contributed by atoms with Crippen molar-refractivity contribution in [3.63, 3.8) is 0 Å². The van der Waals surface area contributed by atoms with Crippen molar-refractivity contribution in [3.05, 3.63) is 47.4 Å². The molecule has 0 radical (unpaired) electrons. The Morgan fingerprint density at radius 1 is 0.897 bits per heavy atom. The topological polar surface area (TPSA) is 41.3 Å². The number of hydrogen-bond donors (Lipinski definition) is 0. The lowest BCUT2D eigenvalue weighted by molar-refractivity contribution is 0.0458. The van der Waals surface area contributed by atoms with Gasteiger partial charge >= 0.3 is 0 Å². The third-order valence-electron chi connectivity index (χ3n) is 6.42. The summed E-state index contributed by atoms with van der Waals surface area (Å²) in [6.45, 7) is 11.2. The first kappa shape index (κ1) is 19.0. The fourth-order valence-corrected chi connectivity index (χ4v) is 4.85. The van der Waals surface area contributed by atoms with Crippen molar-refractivity contribution in [1.29, 1.82) is 0 Å². The van der Waals surface area contributed by atoms with Crippen LogP contribution < -0.4 is 9.47 Å². The van der Waals surface area contributed by atoms with Gasteiger partial charge in [-0.25, -0.2) is 0 Å². The highest BCUT2D eigenvalue weighted by atomic mass is 16.7. The molecule has 0 bridgehead atoms. The highest BCUT2D eigenvalue weighted by molar-refractivity contribution is 5.44. The predicted octanol–water partition coefficient (Wildman–Crippen LogP) is 3.10. The summed E-state index contributed by atoms with van der Waals surface area (Å²) >= 11 is 0. The van der Waals surface area contributed by atoms with Crippen LogP contribution in [0.25, 0.3) is 0 Å². The van der Waals surface area contributed by atoms with Crippen LogP contribution in [0.15, 0.2) is 34.7 Å². The van der Waals surface area contributed by atoms with Crippen molar-refractivity contribution in [1.82, 2.24) is 14.7 Å². The van der Waals surface area contributed by atoms with E-state index in [1.165, 1.54) is 24.9 Å². The number of likely N-dealkylation sites (tertiary alicyclic amines) is 1. The summed E-state index contributed by atoms with van der Waals surface area (Å²) in [6, 6.07) is 11.2. The van der Waals surface area contributed by atoms with Crippen molar-refractivity contribution >= 4 is 0 Å². The normalized spacial score (nSPS) is 23.6. The van der Waals surface area contributed by atoms with Gasteiger partial charge < -0.3 is 13.9 Å². The number of piperazine rings is 1. The van der Waals surface area contributed by atoms with E-state index in [2.05, 4.69) is 39.0 Å². The molecule has 2 aromatic rings. The Kier molecular flexibility index (Phi) is 5.48. The maximum absolute atomic E-state index is 5.79. The highest BCUT2D eigenvalue weighted by Crippen LogP contribution is 2.33. The van der Waals surface area contributed by atoms with Crippen LogP contribution in [0.4, 0.5) is 0 Å². The van der Waals surface area contributed by atoms with Gasteiger partial charge in [0.1, 0.15) is 11.5 Å². The van der Waals surface area contributed by atoms with E-state index >= 15 is 0 Å². The number of fused-ring (bicyclic) bond motifs is 1. The van der Waals surface area contributed by atoms with Gasteiger partial charge in [0, 0.05) is 45.3 Å². The largest absolute Gasteiger partial charge is 0.465 e. The Morgan fingerprint density at radius 2 is 1.76 bits per heavy atom. The minimum Gasteiger partial charge on any atom is -0.465 e. The molecule has 1 aromatic heterocycles. The van der Waals surface area contributed by atoms with Crippen molar-refractivity contribution in [3.8, 4) is 11.5 Å². The SMILES string of the molecule is Cc1ccc(CN2CCC[C@@H](N3CCN(Cc4ccc5c(c4)OCO5)CC3)C2)o1. The number of furan rings is 1. The van der Waals surface area contributed by atoms with Gasteiger partial charge in [-0.3, -0.25) is 14.7 Å². The lowest BCUT2D eigenvalue weighted by Gasteiger charge is -2.43. The number of piperidine rings is 1. The average molecular weight is 398 g/mol. The Morgan fingerprint density at radius 3 is 2.59 bits per heavy atom. The van der Waals surface area contributed by atoms with Crippen LogP contribution >= 0.6 is 0 Å². The number of benzene rings is 1. The van der Waals surface area contributed by atoms with Crippen molar-refractivity contribution in [2.75, 3.05) is 46.1 Å². The number of rotatable bonds is 5. The van der Waals surface area contributed by atoms with Crippen LogP contribution in [-0.4, -0.2) is 66.8 Å². The zero-order valence-corrected chi connectivity index (χ0v) is 17.3. The van der Waals surface area contributed by atoms with E-state index < -0.39 is 0 Å². The van der Waals surface area contributed by atoms with Gasteiger partial charge in [0.05, 0.1) is 6.54 Å². The van der Waals surface area contributed by atoms with E-state index in [0.717, 1.165) is 68.8 Å². The van der Waals surface area contributed by atoms with Crippen LogP contribution in [0, 0.1) is 6.92 Å². The Hall–Kier alpha value is -2.02. The lowest BCUT2D eigenvalue weighted by Crippen LogP contribution is -2.54. The van der Waals surface area contributed by atoms with Gasteiger partial charge in [0.15, 0.2) is 11.5 Å². The van der Waals surface area contributed by atoms with E-state index in [1.54, 1.807) is 0 Å². The monoisotopic (exact) mass is 397 g/mol. The summed E-state index contributed by atoms with van der Waals surface area (Å²) in [5, 5.41) is 0. The second-order valence-corrected chi connectivity index (χ2v) is 8.54. The molecule has 4 heterocycles. The van der Waals surface area contributed by atoms with Gasteiger partial charge in [-0.15, -0.1) is 0 Å². The number of aryl methyl sites for hydroxylation is 1. The summed E-state index contributed by atoms with van der Waals surface area (Å²) < 4.78 is 16.7. The molecule has 0 aliphatic carbocycles. The molecule has 3 aliphatic heterocycles. The molecule has 6 nitrogen and oxygen atoms in total. The molecule has 0 saturated carbocycles. The van der Waals surface area contributed by atoms with Gasteiger partial charge in [0.25, 0.3) is 0 Å². The van der Waals surface area contributed by atoms with E-state index in [-0.39, 0.29) is 0 Å². The van der Waals surface area contributed by atoms with Gasteiger partial charge in [0.2, 0.25) is 6.79 Å². The number of nitrogens with zero attached hydrogens (tertiary/aromatic N) is 3. The smallest absolute Gasteiger partial charge is 0.231 e. The quantitative estimate of drug-likeness (QED) is 0.772. The van der Waals surface area contributed by atoms with Crippen molar-refractivity contribution in [2.24, 2.45) is 0 Å². The number of ether oxygens (including phenoxy) is 2. The molecule has 0 N–H and O–H groups in total. The van der Waals surface area contributed by atoms with E-state index in [9.17, 15) is 0 Å². The molecular formula is C23H31N3O3. The van der Waals surface area contributed by atoms with Crippen LogP contribution in [0.2, 0.25) is 0 Å². The molecule has 2 saturated heterocycles. The summed E-state index contributed by atoms with van der Waals surface area (Å²) in [6.07, 6.45) is 2.59. The molecule has 5 rings (SSSR count). The first-order valence-electron chi connectivity index (χ1n) is 10.9. The second-order valence-electron chi connectivity index (χ2n) is 8.54. The Bertz CT molecular complexity index is 829. The maximum atomic E-state index is 5.79. The van der Waals surface area contributed by atoms with Gasteiger partial charge in [-0.05, 0) is 56.1 Å². The second kappa shape index (κ2) is 8.38. The van der Waals surface area contributed by atoms with E-state index in [0.29, 0.717) is 12.8 Å². The van der Waals surface area contributed by atoms with Gasteiger partial charge in [-0.1, -0.05) is 6.07 Å². The number of hydrogen-bond acceptors (Lipinski definition) is 6. The fraction of sp³-hybridized carbons (Fsp3) is 0.565. The maximum Gasteiger partial charge on any atom is 0.231 e. The molecule has 6 heteroatoms. The summed E-state index contributed by atoms with van der Waals surface area (Å²) in [5.74, 6) is 3.85. The van der Waals surface area contributed by atoms with Crippen LogP contribution in [-0.2, 0) is 13.1 Å². The Balaban J connectivity index is 1.11. The highest BCUT2D eigenvalue weighted by Gasteiger charge is 2.28. The molecule has 1 aromatic carbocycles. The standard InChI is InChI=1S/C23H31N3O3/c1-18-4-6-21(29-18)16-25-8-2-3-20(15-25)26-11-9-24(10-12-26)14-19-5-7-22-23(13-19)28-17-27-22/h4-7,13,20H,2-3,8-12,14-17H2,1H3/t20-/m1/s1. The summed E-state index contributed by atoms with van der Waals surface area (Å²) in [5.41, 5.74) is 1.31.